The molecule has 1 aliphatic carbocycles. The van der Waals surface area contributed by atoms with Crippen LogP contribution in [0.2, 0.25) is 0 Å². The van der Waals surface area contributed by atoms with E-state index < -0.39 is 0 Å². The fourth-order valence-corrected chi connectivity index (χ4v) is 2.31. The molecule has 15 heavy (non-hydrogen) atoms. The summed E-state index contributed by atoms with van der Waals surface area (Å²) in [4.78, 5) is 0. The monoisotopic (exact) mass is 205 g/mol. The van der Waals surface area contributed by atoms with Gasteiger partial charge in [0.25, 0.3) is 0 Å². The second-order valence-corrected chi connectivity index (χ2v) is 4.79. The van der Waals surface area contributed by atoms with Crippen molar-refractivity contribution in [3.05, 3.63) is 29.8 Å². The minimum Gasteiger partial charge on any atom is -0.508 e. The first kappa shape index (κ1) is 10.5. The molecule has 82 valence electrons. The molecule has 1 fully saturated rings. The van der Waals surface area contributed by atoms with E-state index in [1.807, 2.05) is 18.2 Å². The van der Waals surface area contributed by atoms with Crippen molar-refractivity contribution >= 4 is 0 Å². The Hall–Kier alpha value is -1.02. The lowest BCUT2D eigenvalue weighted by molar-refractivity contribution is 0.362. The molecule has 1 aromatic carbocycles. The Morgan fingerprint density at radius 3 is 2.73 bits per heavy atom. The lowest BCUT2D eigenvalue weighted by atomic mass is 10.0. The summed E-state index contributed by atoms with van der Waals surface area (Å²) in [5.41, 5.74) is 1.47. The topological polar surface area (TPSA) is 32.3 Å². The van der Waals surface area contributed by atoms with Gasteiger partial charge in [-0.15, -0.1) is 0 Å². The first-order valence-electron chi connectivity index (χ1n) is 5.71. The van der Waals surface area contributed by atoms with Gasteiger partial charge in [0.15, 0.2) is 0 Å². The predicted molar refractivity (Wildman–Crippen MR) is 61.8 cm³/mol. The molecule has 0 aromatic heterocycles. The Morgan fingerprint density at radius 1 is 1.33 bits per heavy atom. The van der Waals surface area contributed by atoms with Crippen LogP contribution in [0.1, 0.15) is 38.2 Å². The average molecular weight is 205 g/mol. The van der Waals surface area contributed by atoms with Crippen molar-refractivity contribution in [2.24, 2.45) is 0 Å². The number of aromatic hydroxyl groups is 1. The molecule has 0 saturated heterocycles. The summed E-state index contributed by atoms with van der Waals surface area (Å²) in [5.74, 6) is 0.353. The van der Waals surface area contributed by atoms with E-state index in [1.165, 1.54) is 25.7 Å². The Bertz CT molecular complexity index is 329. The molecule has 0 spiro atoms. The lowest BCUT2D eigenvalue weighted by Crippen LogP contribution is -2.38. The summed E-state index contributed by atoms with van der Waals surface area (Å²) in [5, 5.41) is 12.9. The van der Waals surface area contributed by atoms with E-state index in [-0.39, 0.29) is 0 Å². The third-order valence-corrected chi connectivity index (χ3v) is 3.34. The van der Waals surface area contributed by atoms with Crippen LogP contribution in [0.4, 0.5) is 0 Å². The van der Waals surface area contributed by atoms with Gasteiger partial charge in [0.1, 0.15) is 5.75 Å². The fraction of sp³-hybridized carbons (Fsp3) is 0.538. The van der Waals surface area contributed by atoms with Gasteiger partial charge in [-0.05, 0) is 37.5 Å². The minimum absolute atomic E-state index is 0.311. The Morgan fingerprint density at radius 2 is 2.07 bits per heavy atom. The summed E-state index contributed by atoms with van der Waals surface area (Å²) >= 11 is 0. The van der Waals surface area contributed by atoms with Gasteiger partial charge in [0.05, 0.1) is 0 Å². The van der Waals surface area contributed by atoms with Gasteiger partial charge in [0, 0.05) is 12.1 Å². The van der Waals surface area contributed by atoms with Gasteiger partial charge in [-0.1, -0.05) is 25.0 Å². The number of phenolic OH excluding ortho intramolecular Hbond substituents is 1. The molecule has 0 amide bonds. The number of hydrogen-bond acceptors (Lipinski definition) is 2. The Kier molecular flexibility index (Phi) is 2.96. The predicted octanol–water partition coefficient (Wildman–Crippen LogP) is 2.81. The van der Waals surface area contributed by atoms with Crippen molar-refractivity contribution in [3.63, 3.8) is 0 Å². The van der Waals surface area contributed by atoms with Crippen molar-refractivity contribution < 1.29 is 5.11 Å². The van der Waals surface area contributed by atoms with Crippen molar-refractivity contribution in [3.8, 4) is 5.75 Å². The van der Waals surface area contributed by atoms with Gasteiger partial charge >= 0.3 is 0 Å². The van der Waals surface area contributed by atoms with Crippen LogP contribution in [0.5, 0.6) is 5.75 Å². The third kappa shape index (κ3) is 2.72. The number of hydrogen-bond donors (Lipinski definition) is 2. The molecule has 0 aliphatic heterocycles. The van der Waals surface area contributed by atoms with Crippen LogP contribution >= 0.6 is 0 Å². The Balaban J connectivity index is 1.92. The highest BCUT2D eigenvalue weighted by atomic mass is 16.3. The van der Waals surface area contributed by atoms with Crippen LogP contribution in [0.25, 0.3) is 0 Å². The molecule has 1 aliphatic rings. The van der Waals surface area contributed by atoms with Crippen molar-refractivity contribution in [2.45, 2.75) is 44.7 Å². The minimum atomic E-state index is 0.311. The molecule has 0 heterocycles. The molecular weight excluding hydrogens is 186 g/mol. The summed E-state index contributed by atoms with van der Waals surface area (Å²) < 4.78 is 0. The zero-order chi connectivity index (χ0) is 10.7. The molecule has 0 bridgehead atoms. The van der Waals surface area contributed by atoms with E-state index in [4.69, 9.17) is 0 Å². The standard InChI is InChI=1S/C13H19NO/c1-13(7-2-3-8-13)14-10-11-5-4-6-12(15)9-11/h4-6,9,14-15H,2-3,7-8,10H2,1H3. The maximum absolute atomic E-state index is 9.34. The summed E-state index contributed by atoms with van der Waals surface area (Å²) in [7, 11) is 0. The molecular formula is C13H19NO. The quantitative estimate of drug-likeness (QED) is 0.795. The smallest absolute Gasteiger partial charge is 0.115 e. The highest BCUT2D eigenvalue weighted by molar-refractivity contribution is 5.27. The highest BCUT2D eigenvalue weighted by Crippen LogP contribution is 2.29. The van der Waals surface area contributed by atoms with E-state index in [2.05, 4.69) is 12.2 Å². The van der Waals surface area contributed by atoms with Crippen LogP contribution in [0.3, 0.4) is 0 Å². The molecule has 1 aromatic rings. The van der Waals surface area contributed by atoms with Crippen molar-refractivity contribution in [2.75, 3.05) is 0 Å². The van der Waals surface area contributed by atoms with Crippen LogP contribution < -0.4 is 5.32 Å². The van der Waals surface area contributed by atoms with E-state index >= 15 is 0 Å². The first-order valence-corrected chi connectivity index (χ1v) is 5.71. The van der Waals surface area contributed by atoms with Gasteiger partial charge < -0.3 is 10.4 Å². The fourth-order valence-electron chi connectivity index (χ4n) is 2.31. The summed E-state index contributed by atoms with van der Waals surface area (Å²) in [6.45, 7) is 3.15. The summed E-state index contributed by atoms with van der Waals surface area (Å²) in [6.07, 6.45) is 5.21. The van der Waals surface area contributed by atoms with Gasteiger partial charge in [-0.25, -0.2) is 0 Å². The SMILES string of the molecule is CC1(NCc2cccc(O)c2)CCCC1. The molecule has 2 rings (SSSR count). The zero-order valence-corrected chi connectivity index (χ0v) is 9.29. The van der Waals surface area contributed by atoms with Gasteiger partial charge in [-0.3, -0.25) is 0 Å². The maximum Gasteiger partial charge on any atom is 0.115 e. The molecule has 1 saturated carbocycles. The van der Waals surface area contributed by atoms with E-state index in [9.17, 15) is 5.11 Å². The van der Waals surface area contributed by atoms with Crippen LogP contribution in [-0.4, -0.2) is 10.6 Å². The number of phenols is 1. The van der Waals surface area contributed by atoms with Crippen molar-refractivity contribution in [1.29, 1.82) is 0 Å². The molecule has 0 unspecified atom stereocenters. The zero-order valence-electron chi connectivity index (χ0n) is 9.29. The Labute approximate surface area is 91.3 Å². The van der Waals surface area contributed by atoms with Crippen molar-refractivity contribution in [1.82, 2.24) is 5.32 Å². The second-order valence-electron chi connectivity index (χ2n) is 4.79. The van der Waals surface area contributed by atoms with Crippen LogP contribution in [0, 0.1) is 0 Å². The van der Waals surface area contributed by atoms with Gasteiger partial charge in [-0.2, -0.15) is 0 Å². The highest BCUT2D eigenvalue weighted by Gasteiger charge is 2.27. The average Bonchev–Trinajstić information content (AvgIpc) is 2.63. The van der Waals surface area contributed by atoms with Gasteiger partial charge in [0.2, 0.25) is 0 Å². The first-order chi connectivity index (χ1) is 7.18. The molecule has 0 atom stereocenters. The third-order valence-electron chi connectivity index (χ3n) is 3.34. The normalized spacial score (nSPS) is 19.3. The molecule has 0 radical (unpaired) electrons. The summed E-state index contributed by atoms with van der Waals surface area (Å²) in [6, 6.07) is 7.47. The molecule has 2 heteroatoms. The van der Waals surface area contributed by atoms with E-state index in [0.29, 0.717) is 11.3 Å². The molecule has 2 N–H and O–H groups in total. The van der Waals surface area contributed by atoms with Crippen LogP contribution in [0.15, 0.2) is 24.3 Å². The second kappa shape index (κ2) is 4.23. The van der Waals surface area contributed by atoms with E-state index in [1.54, 1.807) is 6.07 Å². The maximum atomic E-state index is 9.34. The van der Waals surface area contributed by atoms with Crippen LogP contribution in [-0.2, 0) is 6.54 Å². The number of rotatable bonds is 3. The lowest BCUT2D eigenvalue weighted by Gasteiger charge is -2.25. The number of benzene rings is 1. The largest absolute Gasteiger partial charge is 0.508 e. The number of nitrogens with one attached hydrogen (secondary N) is 1. The van der Waals surface area contributed by atoms with E-state index in [0.717, 1.165) is 12.1 Å². The molecule has 2 nitrogen and oxygen atoms in total.